The van der Waals surface area contributed by atoms with E-state index in [9.17, 15) is 9.59 Å². The van der Waals surface area contributed by atoms with Crippen molar-refractivity contribution in [1.82, 2.24) is 9.88 Å². The van der Waals surface area contributed by atoms with Crippen molar-refractivity contribution in [3.63, 3.8) is 0 Å². The number of aromatic nitrogens is 1. The molecule has 192 valence electrons. The van der Waals surface area contributed by atoms with E-state index in [4.69, 9.17) is 4.74 Å². The maximum Gasteiger partial charge on any atom is 0.275 e. The molecule has 2 aliphatic rings. The highest BCUT2D eigenvalue weighted by atomic mass is 32.1. The van der Waals surface area contributed by atoms with Crippen LogP contribution in [0.4, 0.5) is 5.69 Å². The van der Waals surface area contributed by atoms with Crippen molar-refractivity contribution in [3.05, 3.63) is 111 Å². The van der Waals surface area contributed by atoms with Crippen LogP contribution in [0, 0.1) is 12.8 Å². The zero-order valence-corrected chi connectivity index (χ0v) is 22.0. The van der Waals surface area contributed by atoms with E-state index in [0.717, 1.165) is 53.4 Å². The largest absolute Gasteiger partial charge is 0.486 e. The lowest BCUT2D eigenvalue weighted by Crippen LogP contribution is -2.41. The van der Waals surface area contributed by atoms with Gasteiger partial charge in [-0.25, -0.2) is 4.98 Å². The number of anilines is 1. The molecular weight excluding hydrogens is 494 g/mol. The quantitative estimate of drug-likeness (QED) is 0.315. The van der Waals surface area contributed by atoms with Crippen LogP contribution in [0.1, 0.15) is 56.6 Å². The summed E-state index contributed by atoms with van der Waals surface area (Å²) in [7, 11) is 0. The third-order valence-electron chi connectivity index (χ3n) is 7.09. The summed E-state index contributed by atoms with van der Waals surface area (Å²) in [4.78, 5) is 32.4. The molecule has 38 heavy (non-hydrogen) atoms. The molecule has 6 rings (SSSR count). The first-order valence-corrected chi connectivity index (χ1v) is 13.9. The summed E-state index contributed by atoms with van der Waals surface area (Å²) in [5.74, 6) is 0.917. The number of carbonyl (C=O) groups is 2. The van der Waals surface area contributed by atoms with Gasteiger partial charge in [-0.3, -0.25) is 9.59 Å². The van der Waals surface area contributed by atoms with E-state index in [0.29, 0.717) is 5.69 Å². The van der Waals surface area contributed by atoms with Crippen LogP contribution >= 0.6 is 11.3 Å². The summed E-state index contributed by atoms with van der Waals surface area (Å²) in [5.41, 5.74) is 5.78. The number of thiazole rings is 1. The van der Waals surface area contributed by atoms with Gasteiger partial charge in [0.05, 0.1) is 6.04 Å². The number of ether oxygens (including phenoxy) is 1. The van der Waals surface area contributed by atoms with Crippen LogP contribution in [0.2, 0.25) is 0 Å². The number of para-hydroxylation sites is 1. The first-order chi connectivity index (χ1) is 18.5. The second-order valence-electron chi connectivity index (χ2n) is 9.97. The first-order valence-electron chi connectivity index (χ1n) is 13.0. The summed E-state index contributed by atoms with van der Waals surface area (Å²) < 4.78 is 6.15. The van der Waals surface area contributed by atoms with E-state index in [-0.39, 0.29) is 30.4 Å². The molecule has 1 saturated carbocycles. The number of fused-ring (bicyclic) bond motifs is 1. The SMILES string of the molecule is Cc1cccc(C2c3cc(OCc4nc(C(=O)Nc5ccccc5)cs4)ccc3CCN2C(=O)C2CC2)c1. The second kappa shape index (κ2) is 10.4. The summed E-state index contributed by atoms with van der Waals surface area (Å²) in [6.45, 7) is 3.08. The number of nitrogens with one attached hydrogen (secondary N) is 1. The predicted molar refractivity (Wildman–Crippen MR) is 148 cm³/mol. The Hall–Kier alpha value is -3.97. The van der Waals surface area contributed by atoms with E-state index in [2.05, 4.69) is 58.5 Å². The lowest BCUT2D eigenvalue weighted by atomic mass is 9.87. The van der Waals surface area contributed by atoms with E-state index in [1.807, 2.05) is 36.4 Å². The van der Waals surface area contributed by atoms with Crippen LogP contribution in [-0.2, 0) is 17.8 Å². The molecular formula is C31H29N3O3S. The Morgan fingerprint density at radius 3 is 2.68 bits per heavy atom. The Kier molecular flexibility index (Phi) is 6.68. The molecule has 1 aromatic heterocycles. The third kappa shape index (κ3) is 5.20. The minimum absolute atomic E-state index is 0.122. The Balaban J connectivity index is 1.21. The number of rotatable bonds is 7. The smallest absolute Gasteiger partial charge is 0.275 e. The molecule has 0 radical (unpaired) electrons. The highest BCUT2D eigenvalue weighted by molar-refractivity contribution is 7.09. The number of hydrogen-bond acceptors (Lipinski definition) is 5. The molecule has 0 bridgehead atoms. The van der Waals surface area contributed by atoms with Crippen molar-refractivity contribution in [2.75, 3.05) is 11.9 Å². The van der Waals surface area contributed by atoms with Gasteiger partial charge in [-0.05, 0) is 67.1 Å². The summed E-state index contributed by atoms with van der Waals surface area (Å²) in [6, 6.07) is 23.8. The molecule has 7 heteroatoms. The lowest BCUT2D eigenvalue weighted by molar-refractivity contribution is -0.134. The highest BCUT2D eigenvalue weighted by Crippen LogP contribution is 2.41. The molecule has 1 fully saturated rings. The number of hydrogen-bond donors (Lipinski definition) is 1. The van der Waals surface area contributed by atoms with Gasteiger partial charge < -0.3 is 15.0 Å². The van der Waals surface area contributed by atoms with Gasteiger partial charge in [-0.2, -0.15) is 0 Å². The molecule has 1 atom stereocenters. The zero-order valence-electron chi connectivity index (χ0n) is 21.2. The Morgan fingerprint density at radius 2 is 1.89 bits per heavy atom. The minimum atomic E-state index is -0.242. The summed E-state index contributed by atoms with van der Waals surface area (Å²) in [5, 5.41) is 5.33. The number of benzene rings is 3. The standard InChI is InChI=1S/C31H29N3O3S/c1-20-6-5-7-23(16-20)29-26-17-25(13-12-21(26)14-15-34(29)31(36)22-10-11-22)37-18-28-33-27(19-38-28)30(35)32-24-8-3-2-4-9-24/h2-9,12-13,16-17,19,22,29H,10-11,14-15,18H2,1H3,(H,32,35). The molecule has 3 aromatic carbocycles. The zero-order chi connectivity index (χ0) is 26.1. The van der Waals surface area contributed by atoms with E-state index in [1.165, 1.54) is 22.5 Å². The number of nitrogens with zero attached hydrogens (tertiary/aromatic N) is 2. The monoisotopic (exact) mass is 523 g/mol. The van der Waals surface area contributed by atoms with Crippen molar-refractivity contribution < 1.29 is 14.3 Å². The molecule has 1 N–H and O–H groups in total. The van der Waals surface area contributed by atoms with Gasteiger partial charge in [0.1, 0.15) is 23.1 Å². The summed E-state index contributed by atoms with van der Waals surface area (Å²) in [6.07, 6.45) is 2.82. The average molecular weight is 524 g/mol. The Bertz CT molecular complexity index is 1480. The number of aryl methyl sites for hydroxylation is 1. The van der Waals surface area contributed by atoms with E-state index in [1.54, 1.807) is 5.38 Å². The molecule has 4 aromatic rings. The molecule has 2 amide bonds. The van der Waals surface area contributed by atoms with Crippen molar-refractivity contribution in [2.45, 2.75) is 38.8 Å². The molecule has 0 spiro atoms. The highest BCUT2D eigenvalue weighted by Gasteiger charge is 2.39. The van der Waals surface area contributed by atoms with Crippen LogP contribution in [0.5, 0.6) is 5.75 Å². The fourth-order valence-corrected chi connectivity index (χ4v) is 5.71. The molecule has 2 heterocycles. The molecule has 0 saturated heterocycles. The Labute approximate surface area is 226 Å². The maximum absolute atomic E-state index is 13.3. The van der Waals surface area contributed by atoms with Crippen LogP contribution < -0.4 is 10.1 Å². The summed E-state index contributed by atoms with van der Waals surface area (Å²) >= 11 is 1.40. The first kappa shape index (κ1) is 24.4. The lowest BCUT2D eigenvalue weighted by Gasteiger charge is -2.38. The maximum atomic E-state index is 13.3. The average Bonchev–Trinajstić information content (AvgIpc) is 3.68. The van der Waals surface area contributed by atoms with Crippen molar-refractivity contribution in [1.29, 1.82) is 0 Å². The molecule has 1 aliphatic heterocycles. The fraction of sp³-hybridized carbons (Fsp3) is 0.258. The minimum Gasteiger partial charge on any atom is -0.486 e. The fourth-order valence-electron chi connectivity index (χ4n) is 5.03. The van der Waals surface area contributed by atoms with E-state index >= 15 is 0 Å². The van der Waals surface area contributed by atoms with Gasteiger partial charge in [0, 0.05) is 23.5 Å². The van der Waals surface area contributed by atoms with Gasteiger partial charge in [-0.1, -0.05) is 54.1 Å². The third-order valence-corrected chi connectivity index (χ3v) is 7.91. The van der Waals surface area contributed by atoms with Gasteiger partial charge in [0.15, 0.2) is 0 Å². The second-order valence-corrected chi connectivity index (χ2v) is 10.9. The van der Waals surface area contributed by atoms with Crippen LogP contribution in [0.3, 0.4) is 0 Å². The van der Waals surface area contributed by atoms with Gasteiger partial charge in [0.2, 0.25) is 5.91 Å². The van der Waals surface area contributed by atoms with E-state index < -0.39 is 0 Å². The van der Waals surface area contributed by atoms with Crippen molar-refractivity contribution >= 4 is 28.8 Å². The molecule has 1 unspecified atom stereocenters. The van der Waals surface area contributed by atoms with Crippen LogP contribution in [-0.4, -0.2) is 28.2 Å². The molecule has 1 aliphatic carbocycles. The van der Waals surface area contributed by atoms with Gasteiger partial charge in [-0.15, -0.1) is 11.3 Å². The van der Waals surface area contributed by atoms with Crippen molar-refractivity contribution in [2.24, 2.45) is 5.92 Å². The molecule has 6 nitrogen and oxygen atoms in total. The number of carbonyl (C=O) groups excluding carboxylic acids is 2. The van der Waals surface area contributed by atoms with Gasteiger partial charge in [0.25, 0.3) is 5.91 Å². The Morgan fingerprint density at radius 1 is 1.05 bits per heavy atom. The van der Waals surface area contributed by atoms with Crippen LogP contribution in [0.15, 0.2) is 78.2 Å². The van der Waals surface area contributed by atoms with Crippen LogP contribution in [0.25, 0.3) is 0 Å². The van der Waals surface area contributed by atoms with Crippen molar-refractivity contribution in [3.8, 4) is 5.75 Å². The normalized spacial score (nSPS) is 16.6. The van der Waals surface area contributed by atoms with Gasteiger partial charge >= 0.3 is 0 Å². The number of amides is 2. The topological polar surface area (TPSA) is 71.5 Å². The predicted octanol–water partition coefficient (Wildman–Crippen LogP) is 6.17.